The Bertz CT molecular complexity index is 1540. The van der Waals surface area contributed by atoms with Crippen molar-refractivity contribution in [1.82, 2.24) is 29.2 Å². The second kappa shape index (κ2) is 14.4. The van der Waals surface area contributed by atoms with Crippen molar-refractivity contribution in [1.29, 1.82) is 0 Å². The molecule has 0 radical (unpaired) electrons. The highest BCUT2D eigenvalue weighted by Crippen LogP contribution is 2.45. The Morgan fingerprint density at radius 3 is 2.46 bits per heavy atom. The van der Waals surface area contributed by atoms with Gasteiger partial charge in [0, 0.05) is 43.2 Å². The van der Waals surface area contributed by atoms with E-state index in [0.29, 0.717) is 12.4 Å². The summed E-state index contributed by atoms with van der Waals surface area (Å²) in [4.78, 5) is 27.3. The summed E-state index contributed by atoms with van der Waals surface area (Å²) in [6, 6.07) is 2.79. The molecule has 3 aliphatic heterocycles. The van der Waals surface area contributed by atoms with Crippen molar-refractivity contribution in [3.05, 3.63) is 42.1 Å². The topological polar surface area (TPSA) is 129 Å². The Morgan fingerprint density at radius 1 is 1.10 bits per heavy atom. The number of carbonyl (C=O) groups excluding carboxylic acids is 1. The smallest absolute Gasteiger partial charge is 0.277 e. The van der Waals surface area contributed by atoms with E-state index < -0.39 is 40.9 Å². The van der Waals surface area contributed by atoms with Gasteiger partial charge >= 0.3 is 0 Å². The number of halogens is 3. The molecule has 0 unspecified atom stereocenters. The predicted molar refractivity (Wildman–Crippen MR) is 172 cm³/mol. The Kier molecular flexibility index (Phi) is 10.5. The maximum absolute atomic E-state index is 14.3. The van der Waals surface area contributed by atoms with Gasteiger partial charge in [-0.15, -0.1) is 0 Å². The average Bonchev–Trinajstić information content (AvgIpc) is 3.84. The van der Waals surface area contributed by atoms with Crippen LogP contribution in [0, 0.1) is 11.2 Å². The van der Waals surface area contributed by atoms with Crippen LogP contribution in [-0.2, 0) is 14.9 Å². The molecule has 1 aromatic carbocycles. The SMILES string of the molecule is CC(C)N(CC(F)F)C(=O)c1cc(F)ccc1Oc1cncnc1N1CC2(CCN(C[C@@H]3CC[C@@H](NS(=O)(=O)NC4CC4)CO3)CC2)C1. The molecule has 4 fully saturated rings. The molecule has 1 aromatic heterocycles. The van der Waals surface area contributed by atoms with Crippen molar-refractivity contribution in [2.45, 2.75) is 83.0 Å². The maximum atomic E-state index is 14.3. The van der Waals surface area contributed by atoms with Gasteiger partial charge in [0.1, 0.15) is 17.9 Å². The molecule has 1 aliphatic carbocycles. The second-order valence-corrected chi connectivity index (χ2v) is 15.3. The molecule has 1 spiro atoms. The molecular formula is C32H44F3N7O5S. The van der Waals surface area contributed by atoms with E-state index in [1.165, 1.54) is 18.6 Å². The predicted octanol–water partition coefficient (Wildman–Crippen LogP) is 3.56. The van der Waals surface area contributed by atoms with Gasteiger partial charge in [-0.25, -0.2) is 23.1 Å². The van der Waals surface area contributed by atoms with E-state index in [0.717, 1.165) is 88.3 Å². The normalized spacial score (nSPS) is 23.0. The van der Waals surface area contributed by atoms with E-state index in [2.05, 4.69) is 29.2 Å². The van der Waals surface area contributed by atoms with E-state index in [1.54, 1.807) is 13.8 Å². The van der Waals surface area contributed by atoms with E-state index >= 15 is 0 Å². The molecule has 2 N–H and O–H groups in total. The first-order valence-corrected chi connectivity index (χ1v) is 18.1. The fraction of sp³-hybridized carbons (Fsp3) is 0.656. The molecule has 6 rings (SSSR count). The average molecular weight is 696 g/mol. The summed E-state index contributed by atoms with van der Waals surface area (Å²) >= 11 is 0. The fourth-order valence-electron chi connectivity index (χ4n) is 6.77. The lowest BCUT2D eigenvalue weighted by Gasteiger charge is -2.54. The maximum Gasteiger partial charge on any atom is 0.277 e. The number of alkyl halides is 2. The molecule has 4 aliphatic rings. The van der Waals surface area contributed by atoms with Crippen LogP contribution in [0.3, 0.4) is 0 Å². The third-order valence-corrected chi connectivity index (χ3v) is 10.9. The first-order valence-electron chi connectivity index (χ1n) is 16.6. The van der Waals surface area contributed by atoms with Crippen molar-refractivity contribution in [3.63, 3.8) is 0 Å². The van der Waals surface area contributed by atoms with Gasteiger partial charge in [-0.1, -0.05) is 0 Å². The van der Waals surface area contributed by atoms with Gasteiger partial charge in [-0.05, 0) is 83.7 Å². The quantitative estimate of drug-likeness (QED) is 0.323. The summed E-state index contributed by atoms with van der Waals surface area (Å²) in [5.74, 6) is -0.576. The van der Waals surface area contributed by atoms with Gasteiger partial charge in [0.05, 0.1) is 31.0 Å². The van der Waals surface area contributed by atoms with Crippen molar-refractivity contribution >= 4 is 21.9 Å². The van der Waals surface area contributed by atoms with E-state index in [1.807, 2.05) is 0 Å². The van der Waals surface area contributed by atoms with Crippen LogP contribution in [0.25, 0.3) is 0 Å². The minimum atomic E-state index is -3.49. The number of hydrogen-bond acceptors (Lipinski definition) is 9. The van der Waals surface area contributed by atoms with E-state index in [9.17, 15) is 26.4 Å². The number of benzene rings is 1. The number of carbonyl (C=O) groups is 1. The summed E-state index contributed by atoms with van der Waals surface area (Å²) < 4.78 is 82.8. The Morgan fingerprint density at radius 2 is 1.81 bits per heavy atom. The van der Waals surface area contributed by atoms with Gasteiger partial charge in [-0.3, -0.25) is 4.79 Å². The number of likely N-dealkylation sites (tertiary alicyclic amines) is 1. The van der Waals surface area contributed by atoms with Crippen molar-refractivity contribution in [3.8, 4) is 11.5 Å². The van der Waals surface area contributed by atoms with E-state index in [4.69, 9.17) is 9.47 Å². The number of ether oxygens (including phenoxy) is 2. The first-order chi connectivity index (χ1) is 22.9. The van der Waals surface area contributed by atoms with E-state index in [-0.39, 0.29) is 40.7 Å². The zero-order chi connectivity index (χ0) is 34.1. The molecule has 4 heterocycles. The summed E-state index contributed by atoms with van der Waals surface area (Å²) in [5, 5.41) is 0. The van der Waals surface area contributed by atoms with Crippen molar-refractivity contribution in [2.24, 2.45) is 5.41 Å². The van der Waals surface area contributed by atoms with Gasteiger partial charge in [-0.2, -0.15) is 17.9 Å². The Hall–Kier alpha value is -3.05. The Balaban J connectivity index is 1.01. The van der Waals surface area contributed by atoms with Gasteiger partial charge in [0.2, 0.25) is 0 Å². The standard InChI is InChI=1S/C32H44F3N7O5S/c1-21(2)42(16-29(34)35)31(43)26-13-22(33)3-8-27(26)47-28-14-36-20-37-30(28)41-18-32(19-41)9-11-40(12-10-32)15-25-7-6-24(17-46-25)39-48(44,45)38-23-4-5-23/h3,8,13-14,20-21,23-25,29,38-39H,4-7,9-12,15-19H2,1-2H3/t24-,25+/m1/s1. The lowest BCUT2D eigenvalue weighted by atomic mass is 9.72. The fourth-order valence-corrected chi connectivity index (χ4v) is 8.14. The summed E-state index contributed by atoms with van der Waals surface area (Å²) in [5.41, 5.74) is -0.0374. The van der Waals surface area contributed by atoms with Gasteiger partial charge in [0.15, 0.2) is 11.6 Å². The van der Waals surface area contributed by atoms with Crippen LogP contribution >= 0.6 is 0 Å². The van der Waals surface area contributed by atoms with Crippen LogP contribution in [0.1, 0.15) is 62.7 Å². The minimum Gasteiger partial charge on any atom is -0.451 e. The molecule has 16 heteroatoms. The van der Waals surface area contributed by atoms with Crippen LogP contribution in [0.4, 0.5) is 19.0 Å². The van der Waals surface area contributed by atoms with Gasteiger partial charge < -0.3 is 24.2 Å². The highest BCUT2D eigenvalue weighted by molar-refractivity contribution is 7.87. The van der Waals surface area contributed by atoms with Crippen LogP contribution in [0.5, 0.6) is 11.5 Å². The number of hydrogen-bond donors (Lipinski definition) is 2. The number of amides is 1. The van der Waals surface area contributed by atoms with Crippen LogP contribution in [0.15, 0.2) is 30.7 Å². The van der Waals surface area contributed by atoms with Crippen LogP contribution < -0.4 is 19.1 Å². The number of nitrogens with one attached hydrogen (secondary N) is 2. The Labute approximate surface area is 279 Å². The first kappa shape index (κ1) is 34.8. The number of anilines is 1. The van der Waals surface area contributed by atoms with Gasteiger partial charge in [0.25, 0.3) is 22.5 Å². The zero-order valence-corrected chi connectivity index (χ0v) is 28.1. The molecular weight excluding hydrogens is 651 g/mol. The number of piperidine rings is 1. The van der Waals surface area contributed by atoms with Crippen LogP contribution in [0.2, 0.25) is 0 Å². The molecule has 48 heavy (non-hydrogen) atoms. The second-order valence-electron chi connectivity index (χ2n) is 13.8. The number of nitrogens with zero attached hydrogens (tertiary/aromatic N) is 5. The molecule has 2 atom stereocenters. The lowest BCUT2D eigenvalue weighted by Crippen LogP contribution is -2.61. The molecule has 1 saturated carbocycles. The summed E-state index contributed by atoms with van der Waals surface area (Å²) in [6.45, 7) is 7.01. The minimum absolute atomic E-state index is 0.0319. The summed E-state index contributed by atoms with van der Waals surface area (Å²) in [7, 11) is -3.49. The molecule has 2 aromatic rings. The van der Waals surface area contributed by atoms with Crippen LogP contribution in [-0.4, -0.2) is 111 Å². The summed E-state index contributed by atoms with van der Waals surface area (Å²) in [6.07, 6.45) is 5.55. The largest absolute Gasteiger partial charge is 0.451 e. The van der Waals surface area contributed by atoms with Crippen molar-refractivity contribution in [2.75, 3.05) is 50.8 Å². The zero-order valence-electron chi connectivity index (χ0n) is 27.3. The molecule has 1 amide bonds. The third-order valence-electron chi connectivity index (χ3n) is 9.59. The number of rotatable bonds is 13. The monoisotopic (exact) mass is 695 g/mol. The molecule has 0 bridgehead atoms. The highest BCUT2D eigenvalue weighted by atomic mass is 32.2. The highest BCUT2D eigenvalue weighted by Gasteiger charge is 2.46. The molecule has 3 saturated heterocycles. The molecule has 264 valence electrons. The molecule has 12 nitrogen and oxygen atoms in total. The number of aromatic nitrogens is 2. The van der Waals surface area contributed by atoms with Crippen molar-refractivity contribution < 1.29 is 35.9 Å². The lowest BCUT2D eigenvalue weighted by molar-refractivity contribution is -0.0299. The third kappa shape index (κ3) is 8.56.